The molecule has 0 spiro atoms. The van der Waals surface area contributed by atoms with Crippen LogP contribution in [0.5, 0.6) is 0 Å². The molecule has 0 heterocycles. The molecule has 176 valence electrons. The van der Waals surface area contributed by atoms with Gasteiger partial charge in [0.05, 0.1) is 0 Å². The first-order valence-electron chi connectivity index (χ1n) is 12.8. The van der Waals surface area contributed by atoms with Crippen molar-refractivity contribution >= 4 is 0 Å². The molecule has 1 unspecified atom stereocenters. The molecule has 0 bridgehead atoms. The van der Waals surface area contributed by atoms with Gasteiger partial charge >= 0.3 is 196 Å². The SMILES string of the molecule is CC[N](CC)[Hf]([N](CC)CC)([N](CC)CC)[C]1(C(C)C)C=C(C(C)C)C=C1C(C)C. The van der Waals surface area contributed by atoms with Crippen LogP contribution in [0.1, 0.15) is 83.1 Å². The van der Waals surface area contributed by atoms with Crippen molar-refractivity contribution in [3.63, 3.8) is 0 Å². The van der Waals surface area contributed by atoms with E-state index in [4.69, 9.17) is 0 Å². The Morgan fingerprint density at radius 1 is 0.667 bits per heavy atom. The Hall–Kier alpha value is 0.230. The fourth-order valence-corrected chi connectivity index (χ4v) is 32.4. The Kier molecular flexibility index (Phi) is 11.2. The van der Waals surface area contributed by atoms with Gasteiger partial charge in [-0.15, -0.1) is 0 Å². The molecule has 30 heavy (non-hydrogen) atoms. The zero-order chi connectivity index (χ0) is 23.3. The average molecular weight is 586 g/mol. The van der Waals surface area contributed by atoms with Gasteiger partial charge in [0.2, 0.25) is 0 Å². The van der Waals surface area contributed by atoms with E-state index in [0.717, 1.165) is 39.3 Å². The van der Waals surface area contributed by atoms with E-state index < -0.39 is 20.8 Å². The summed E-state index contributed by atoms with van der Waals surface area (Å²) in [5.74, 6) is 1.74. The van der Waals surface area contributed by atoms with Crippen LogP contribution in [-0.2, 0) is 20.8 Å². The summed E-state index contributed by atoms with van der Waals surface area (Å²) >= 11 is -3.61. The minimum absolute atomic E-state index is 0.171. The second-order valence-electron chi connectivity index (χ2n) is 9.73. The molecule has 0 fully saturated rings. The molecule has 0 saturated heterocycles. The van der Waals surface area contributed by atoms with Gasteiger partial charge in [-0.1, -0.05) is 0 Å². The van der Waals surface area contributed by atoms with Crippen molar-refractivity contribution in [2.75, 3.05) is 39.3 Å². The van der Waals surface area contributed by atoms with Crippen LogP contribution < -0.4 is 0 Å². The van der Waals surface area contributed by atoms with Gasteiger partial charge in [-0.25, -0.2) is 0 Å². The molecule has 0 amide bonds. The summed E-state index contributed by atoms with van der Waals surface area (Å²) in [6.45, 7) is 36.0. The molecule has 0 radical (unpaired) electrons. The van der Waals surface area contributed by atoms with E-state index in [0.29, 0.717) is 17.8 Å². The quantitative estimate of drug-likeness (QED) is 0.218. The molecule has 0 saturated carbocycles. The molecule has 1 rings (SSSR count). The molecule has 1 atom stereocenters. The molecule has 1 aliphatic carbocycles. The van der Waals surface area contributed by atoms with Crippen molar-refractivity contribution in [2.24, 2.45) is 17.8 Å². The number of nitrogens with zero attached hydrogens (tertiary/aromatic N) is 3. The first kappa shape index (κ1) is 28.3. The van der Waals surface area contributed by atoms with Gasteiger partial charge in [0, 0.05) is 0 Å². The summed E-state index contributed by atoms with van der Waals surface area (Å²) in [4.78, 5) is 0. The third-order valence-corrected chi connectivity index (χ3v) is 31.5. The van der Waals surface area contributed by atoms with E-state index in [9.17, 15) is 0 Å². The van der Waals surface area contributed by atoms with Crippen molar-refractivity contribution in [3.8, 4) is 0 Å². The molecular weight excluding hydrogens is 533 g/mol. The first-order chi connectivity index (χ1) is 14.1. The van der Waals surface area contributed by atoms with Crippen molar-refractivity contribution in [1.29, 1.82) is 0 Å². The maximum absolute atomic E-state index is 3.61. The summed E-state index contributed by atoms with van der Waals surface area (Å²) in [5.41, 5.74) is 3.29. The summed E-state index contributed by atoms with van der Waals surface area (Å²) in [6.07, 6.45) is 5.43. The van der Waals surface area contributed by atoms with Crippen LogP contribution in [0.2, 0.25) is 3.17 Å². The normalized spacial score (nSPS) is 20.5. The van der Waals surface area contributed by atoms with Crippen LogP contribution in [0, 0.1) is 17.8 Å². The van der Waals surface area contributed by atoms with Crippen molar-refractivity contribution in [3.05, 3.63) is 23.3 Å². The molecule has 0 aromatic heterocycles. The number of hydrogen-bond acceptors (Lipinski definition) is 3. The molecular formula is C26H53HfN3. The Balaban J connectivity index is 4.22. The van der Waals surface area contributed by atoms with E-state index in [1.807, 2.05) is 0 Å². The maximum atomic E-state index is 2.99. The second-order valence-corrected chi connectivity index (χ2v) is 24.1. The van der Waals surface area contributed by atoms with E-state index >= 15 is 0 Å². The number of rotatable bonds is 13. The Bertz CT molecular complexity index is 550. The second kappa shape index (κ2) is 11.9. The third-order valence-electron chi connectivity index (χ3n) is 7.56. The fourth-order valence-electron chi connectivity index (χ4n) is 6.22. The van der Waals surface area contributed by atoms with E-state index in [1.54, 1.807) is 11.1 Å². The zero-order valence-corrected chi connectivity index (χ0v) is 26.1. The van der Waals surface area contributed by atoms with Gasteiger partial charge in [-0.05, 0) is 0 Å². The molecule has 0 aromatic carbocycles. The zero-order valence-electron chi connectivity index (χ0n) is 22.5. The fraction of sp³-hybridized carbons (Fsp3) is 0.846. The number of allylic oxidation sites excluding steroid dienone is 4. The van der Waals surface area contributed by atoms with Crippen LogP contribution in [-0.4, -0.2) is 47.9 Å². The molecule has 0 aliphatic heterocycles. The van der Waals surface area contributed by atoms with E-state index in [-0.39, 0.29) is 3.17 Å². The molecule has 0 aromatic rings. The van der Waals surface area contributed by atoms with Crippen LogP contribution in [0.3, 0.4) is 0 Å². The summed E-state index contributed by atoms with van der Waals surface area (Å²) < 4.78 is 9.14. The van der Waals surface area contributed by atoms with Crippen LogP contribution in [0.15, 0.2) is 23.3 Å². The van der Waals surface area contributed by atoms with E-state index in [2.05, 4.69) is 104 Å². The van der Waals surface area contributed by atoms with Crippen LogP contribution >= 0.6 is 0 Å². The van der Waals surface area contributed by atoms with Gasteiger partial charge in [-0.3, -0.25) is 0 Å². The Morgan fingerprint density at radius 2 is 1.03 bits per heavy atom. The van der Waals surface area contributed by atoms with Crippen molar-refractivity contribution in [2.45, 2.75) is 86.3 Å². The average Bonchev–Trinajstić information content (AvgIpc) is 3.13. The van der Waals surface area contributed by atoms with E-state index in [1.165, 1.54) is 0 Å². The molecule has 0 N–H and O–H groups in total. The van der Waals surface area contributed by atoms with Crippen molar-refractivity contribution in [1.82, 2.24) is 8.66 Å². The Labute approximate surface area is 195 Å². The van der Waals surface area contributed by atoms with Gasteiger partial charge < -0.3 is 0 Å². The van der Waals surface area contributed by atoms with Crippen LogP contribution in [0.25, 0.3) is 0 Å². The third kappa shape index (κ3) is 4.50. The monoisotopic (exact) mass is 587 g/mol. The summed E-state index contributed by atoms with van der Waals surface area (Å²) in [7, 11) is 0. The molecule has 4 heteroatoms. The minimum atomic E-state index is -3.61. The predicted octanol–water partition coefficient (Wildman–Crippen LogP) is 6.90. The topological polar surface area (TPSA) is 9.72 Å². The first-order valence-corrected chi connectivity index (χ1v) is 19.4. The Morgan fingerprint density at radius 3 is 1.27 bits per heavy atom. The van der Waals surface area contributed by atoms with Gasteiger partial charge in [0.1, 0.15) is 0 Å². The van der Waals surface area contributed by atoms with Gasteiger partial charge in [0.15, 0.2) is 0 Å². The summed E-state index contributed by atoms with van der Waals surface area (Å²) in [6, 6.07) is 0. The number of hydrogen-bond donors (Lipinski definition) is 0. The summed E-state index contributed by atoms with van der Waals surface area (Å²) in [5, 5.41) is 0. The van der Waals surface area contributed by atoms with Crippen LogP contribution in [0.4, 0.5) is 0 Å². The standard InChI is InChI=1S/C14H23.3C4H10N.Hf/c1-9(2)12-7-13(10(3)4)14(8-12)11(5)6;3*1-3-5-4-2;/h7-11H,1-6H3;3*3-4H2,1-2H3;/q;3*-1;+3. The molecule has 1 aliphatic rings. The molecule has 3 nitrogen and oxygen atoms in total. The van der Waals surface area contributed by atoms with Gasteiger partial charge in [0.25, 0.3) is 0 Å². The van der Waals surface area contributed by atoms with Crippen molar-refractivity contribution < 1.29 is 20.8 Å². The van der Waals surface area contributed by atoms with Gasteiger partial charge in [-0.2, -0.15) is 0 Å². The predicted molar refractivity (Wildman–Crippen MR) is 132 cm³/mol.